The second-order valence-corrected chi connectivity index (χ2v) is 4.96. The molecule has 0 unspecified atom stereocenters. The summed E-state index contributed by atoms with van der Waals surface area (Å²) in [5, 5.41) is -0.172. The standard InChI is InChI=1S/C13H20O2S/c1-2-3-9-12-10-7-5-4-6-8-11-15-13(14)16-12/h7H,2-6,8-9,11H2,1H3. The molecule has 0 saturated carbocycles. The second kappa shape index (κ2) is 8.49. The molecule has 16 heavy (non-hydrogen) atoms. The molecule has 0 aliphatic carbocycles. The van der Waals surface area contributed by atoms with Gasteiger partial charge in [0.15, 0.2) is 0 Å². The third-order valence-corrected chi connectivity index (χ3v) is 3.29. The van der Waals surface area contributed by atoms with Gasteiger partial charge >= 0.3 is 5.30 Å². The third kappa shape index (κ3) is 6.04. The predicted octanol–water partition coefficient (Wildman–Crippen LogP) is 4.66. The molecule has 1 heterocycles. The SMILES string of the molecule is CCCCC1=C=CCCCCCOC(=O)S1. The fourth-order valence-electron chi connectivity index (χ4n) is 1.49. The number of hydrogen-bond donors (Lipinski definition) is 0. The number of thioether (sulfide) groups is 1. The van der Waals surface area contributed by atoms with Crippen LogP contribution in [0.5, 0.6) is 0 Å². The molecule has 0 fully saturated rings. The molecule has 3 heteroatoms. The first-order valence-electron chi connectivity index (χ1n) is 6.11. The van der Waals surface area contributed by atoms with E-state index >= 15 is 0 Å². The summed E-state index contributed by atoms with van der Waals surface area (Å²) in [5.74, 6) is 0. The average molecular weight is 240 g/mol. The van der Waals surface area contributed by atoms with E-state index in [0.29, 0.717) is 6.61 Å². The van der Waals surface area contributed by atoms with Crippen LogP contribution in [0, 0.1) is 0 Å². The van der Waals surface area contributed by atoms with Crippen LogP contribution in [0.3, 0.4) is 0 Å². The Morgan fingerprint density at radius 3 is 3.12 bits per heavy atom. The maximum absolute atomic E-state index is 11.5. The third-order valence-electron chi connectivity index (χ3n) is 2.44. The highest BCUT2D eigenvalue weighted by Crippen LogP contribution is 2.23. The summed E-state index contributed by atoms with van der Waals surface area (Å²) in [6.07, 6.45) is 9.58. The van der Waals surface area contributed by atoms with E-state index < -0.39 is 0 Å². The molecular weight excluding hydrogens is 220 g/mol. The maximum Gasteiger partial charge on any atom is 0.372 e. The smallest absolute Gasteiger partial charge is 0.372 e. The van der Waals surface area contributed by atoms with E-state index in [1.807, 2.05) is 0 Å². The van der Waals surface area contributed by atoms with Gasteiger partial charge in [-0.05, 0) is 56.4 Å². The fraction of sp³-hybridized carbons (Fsp3) is 0.692. The lowest BCUT2D eigenvalue weighted by atomic mass is 10.2. The van der Waals surface area contributed by atoms with Crippen molar-refractivity contribution in [1.82, 2.24) is 0 Å². The molecule has 0 N–H and O–H groups in total. The highest BCUT2D eigenvalue weighted by Gasteiger charge is 2.08. The lowest BCUT2D eigenvalue weighted by Gasteiger charge is -2.04. The zero-order valence-electron chi connectivity index (χ0n) is 9.96. The van der Waals surface area contributed by atoms with Gasteiger partial charge in [0.05, 0.1) is 6.61 Å². The van der Waals surface area contributed by atoms with Crippen LogP contribution in [-0.4, -0.2) is 11.9 Å². The van der Waals surface area contributed by atoms with Crippen molar-refractivity contribution in [2.75, 3.05) is 6.61 Å². The Kier molecular flexibility index (Phi) is 7.11. The normalized spacial score (nSPS) is 18.6. The quantitative estimate of drug-likeness (QED) is 0.530. The van der Waals surface area contributed by atoms with E-state index in [2.05, 4.69) is 18.7 Å². The number of carbonyl (C=O) groups excluding carboxylic acids is 1. The Hall–Kier alpha value is -0.660. The summed E-state index contributed by atoms with van der Waals surface area (Å²) < 4.78 is 5.13. The van der Waals surface area contributed by atoms with Crippen LogP contribution in [0.15, 0.2) is 16.7 Å². The van der Waals surface area contributed by atoms with Crippen molar-refractivity contribution in [3.8, 4) is 0 Å². The molecular formula is C13H20O2S. The van der Waals surface area contributed by atoms with Crippen molar-refractivity contribution in [2.45, 2.75) is 51.9 Å². The van der Waals surface area contributed by atoms with Gasteiger partial charge < -0.3 is 4.74 Å². The summed E-state index contributed by atoms with van der Waals surface area (Å²) in [6.45, 7) is 2.71. The van der Waals surface area contributed by atoms with Crippen molar-refractivity contribution in [3.63, 3.8) is 0 Å². The molecule has 0 radical (unpaired) electrons. The molecule has 0 spiro atoms. The second-order valence-electron chi connectivity index (χ2n) is 3.93. The van der Waals surface area contributed by atoms with Crippen LogP contribution in [0.2, 0.25) is 0 Å². The summed E-state index contributed by atoms with van der Waals surface area (Å²) in [7, 11) is 0. The van der Waals surface area contributed by atoms with Crippen LogP contribution >= 0.6 is 11.8 Å². The Balaban J connectivity index is 2.57. The van der Waals surface area contributed by atoms with Gasteiger partial charge in [-0.15, -0.1) is 5.73 Å². The van der Waals surface area contributed by atoms with Crippen LogP contribution in [0.25, 0.3) is 0 Å². The molecule has 0 aromatic rings. The first-order valence-corrected chi connectivity index (χ1v) is 6.93. The predicted molar refractivity (Wildman–Crippen MR) is 68.5 cm³/mol. The van der Waals surface area contributed by atoms with E-state index in [9.17, 15) is 4.79 Å². The van der Waals surface area contributed by atoms with Crippen LogP contribution in [-0.2, 0) is 4.74 Å². The molecule has 2 nitrogen and oxygen atoms in total. The van der Waals surface area contributed by atoms with Gasteiger partial charge in [0.2, 0.25) is 0 Å². The highest BCUT2D eigenvalue weighted by atomic mass is 32.2. The molecule has 0 aromatic carbocycles. The van der Waals surface area contributed by atoms with E-state index in [1.54, 1.807) is 0 Å². The van der Waals surface area contributed by atoms with Crippen molar-refractivity contribution < 1.29 is 9.53 Å². The molecule has 0 atom stereocenters. The van der Waals surface area contributed by atoms with Crippen molar-refractivity contribution >= 4 is 17.1 Å². The average Bonchev–Trinajstić information content (AvgIpc) is 2.32. The number of unbranched alkanes of at least 4 members (excludes halogenated alkanes) is 1. The van der Waals surface area contributed by atoms with Gasteiger partial charge in [0.25, 0.3) is 0 Å². The number of allylic oxidation sites excluding steroid dienone is 1. The monoisotopic (exact) mass is 240 g/mol. The van der Waals surface area contributed by atoms with Gasteiger partial charge in [0, 0.05) is 4.91 Å². The van der Waals surface area contributed by atoms with E-state index in [4.69, 9.17) is 4.74 Å². The molecule has 0 amide bonds. The molecule has 90 valence electrons. The Morgan fingerprint density at radius 1 is 1.44 bits per heavy atom. The number of hydrogen-bond acceptors (Lipinski definition) is 3. The lowest BCUT2D eigenvalue weighted by Crippen LogP contribution is -1.99. The molecule has 0 saturated heterocycles. The van der Waals surface area contributed by atoms with Crippen molar-refractivity contribution in [2.24, 2.45) is 0 Å². The fourth-order valence-corrected chi connectivity index (χ4v) is 2.22. The Morgan fingerprint density at radius 2 is 2.31 bits per heavy atom. The Labute approximate surface area is 102 Å². The minimum atomic E-state index is -0.172. The lowest BCUT2D eigenvalue weighted by molar-refractivity contribution is 0.172. The summed E-state index contributed by atoms with van der Waals surface area (Å²) in [5.41, 5.74) is 3.24. The molecule has 0 bridgehead atoms. The summed E-state index contributed by atoms with van der Waals surface area (Å²) in [6, 6.07) is 0. The van der Waals surface area contributed by atoms with Crippen molar-refractivity contribution in [1.29, 1.82) is 0 Å². The summed E-state index contributed by atoms with van der Waals surface area (Å²) >= 11 is 1.21. The number of carbonyl (C=O) groups is 1. The summed E-state index contributed by atoms with van der Waals surface area (Å²) in [4.78, 5) is 12.5. The number of cyclic esters (lactones) is 1. The first-order chi connectivity index (χ1) is 7.83. The van der Waals surface area contributed by atoms with E-state index in [1.165, 1.54) is 11.8 Å². The van der Waals surface area contributed by atoms with Crippen LogP contribution in [0.4, 0.5) is 4.79 Å². The zero-order chi connectivity index (χ0) is 11.6. The minimum Gasteiger partial charge on any atom is -0.457 e. The molecule has 1 aliphatic heterocycles. The van der Waals surface area contributed by atoms with Gasteiger partial charge in [-0.3, -0.25) is 0 Å². The van der Waals surface area contributed by atoms with Gasteiger partial charge in [0.1, 0.15) is 0 Å². The number of ether oxygens (including phenoxy) is 1. The topological polar surface area (TPSA) is 26.3 Å². The number of rotatable bonds is 3. The largest absolute Gasteiger partial charge is 0.457 e. The zero-order valence-corrected chi connectivity index (χ0v) is 10.8. The van der Waals surface area contributed by atoms with Crippen LogP contribution < -0.4 is 0 Å². The molecule has 0 aromatic heterocycles. The minimum absolute atomic E-state index is 0.172. The van der Waals surface area contributed by atoms with E-state index in [0.717, 1.165) is 49.9 Å². The highest BCUT2D eigenvalue weighted by molar-refractivity contribution is 8.16. The van der Waals surface area contributed by atoms with Crippen molar-refractivity contribution in [3.05, 3.63) is 16.7 Å². The van der Waals surface area contributed by atoms with Gasteiger partial charge in [-0.25, -0.2) is 4.79 Å². The molecule has 1 aliphatic rings. The van der Waals surface area contributed by atoms with Crippen LogP contribution in [0.1, 0.15) is 51.9 Å². The molecule has 1 rings (SSSR count). The van der Waals surface area contributed by atoms with Gasteiger partial charge in [-0.1, -0.05) is 13.3 Å². The van der Waals surface area contributed by atoms with Gasteiger partial charge in [-0.2, -0.15) is 0 Å². The first kappa shape index (κ1) is 13.4. The maximum atomic E-state index is 11.5. The Bertz CT molecular complexity index is 278. The van der Waals surface area contributed by atoms with E-state index in [-0.39, 0.29) is 5.30 Å².